The number of sulfonamides is 1. The van der Waals surface area contributed by atoms with E-state index in [4.69, 9.17) is 9.47 Å². The maximum Gasteiger partial charge on any atom is 0.243 e. The van der Waals surface area contributed by atoms with Crippen LogP contribution >= 0.6 is 11.8 Å². The van der Waals surface area contributed by atoms with Crippen molar-refractivity contribution in [3.8, 4) is 17.2 Å². The third kappa shape index (κ3) is 5.67. The molecule has 0 fully saturated rings. The molecule has 4 rings (SSSR count). The lowest BCUT2D eigenvalue weighted by atomic mass is 10.2. The van der Waals surface area contributed by atoms with Gasteiger partial charge in [-0.1, -0.05) is 18.2 Å². The Bertz CT molecular complexity index is 1210. The molecular formula is C22H24N4O5S2. The van der Waals surface area contributed by atoms with Gasteiger partial charge in [0.1, 0.15) is 19.3 Å². The van der Waals surface area contributed by atoms with Gasteiger partial charge in [0.15, 0.2) is 17.3 Å². The molecule has 1 amide bonds. The Balaban J connectivity index is 1.49. The van der Waals surface area contributed by atoms with E-state index in [2.05, 4.69) is 15.1 Å². The number of amides is 1. The third-order valence-electron chi connectivity index (χ3n) is 4.91. The number of thioether (sulfide) groups is 1. The molecule has 9 nitrogen and oxygen atoms in total. The minimum absolute atomic E-state index is 0.00190. The fourth-order valence-corrected chi connectivity index (χ4v) is 4.97. The van der Waals surface area contributed by atoms with E-state index < -0.39 is 22.0 Å². The van der Waals surface area contributed by atoms with E-state index in [1.807, 2.05) is 36.6 Å². The van der Waals surface area contributed by atoms with Gasteiger partial charge in [-0.2, -0.15) is 21.6 Å². The van der Waals surface area contributed by atoms with Crippen LogP contribution in [-0.4, -0.2) is 55.4 Å². The molecule has 0 bridgehead atoms. The van der Waals surface area contributed by atoms with E-state index in [-0.39, 0.29) is 4.90 Å². The molecule has 2 aromatic carbocycles. The van der Waals surface area contributed by atoms with Crippen LogP contribution in [0.1, 0.15) is 6.42 Å². The summed E-state index contributed by atoms with van der Waals surface area (Å²) in [5.74, 6) is 1.30. The molecule has 0 saturated heterocycles. The number of rotatable bonds is 9. The first-order chi connectivity index (χ1) is 16.0. The van der Waals surface area contributed by atoms with Crippen LogP contribution in [0.5, 0.6) is 11.5 Å². The van der Waals surface area contributed by atoms with Gasteiger partial charge in [0, 0.05) is 18.3 Å². The van der Waals surface area contributed by atoms with Crippen LogP contribution in [-0.2, 0) is 14.8 Å². The summed E-state index contributed by atoms with van der Waals surface area (Å²) >= 11 is 1.52. The van der Waals surface area contributed by atoms with Crippen molar-refractivity contribution >= 4 is 33.5 Å². The molecule has 1 aliphatic heterocycles. The number of para-hydroxylation sites is 1. The summed E-state index contributed by atoms with van der Waals surface area (Å²) in [7, 11) is -3.98. The summed E-state index contributed by atoms with van der Waals surface area (Å²) in [5.41, 5.74) is 0.844. The maximum absolute atomic E-state index is 13.0. The first kappa shape index (κ1) is 23.1. The zero-order valence-electron chi connectivity index (χ0n) is 17.9. The predicted octanol–water partition coefficient (Wildman–Crippen LogP) is 2.68. The monoisotopic (exact) mass is 488 g/mol. The van der Waals surface area contributed by atoms with Gasteiger partial charge in [-0.25, -0.2) is 13.1 Å². The maximum atomic E-state index is 13.0. The molecule has 0 aliphatic carbocycles. The quantitative estimate of drug-likeness (QED) is 0.476. The Morgan fingerprint density at radius 1 is 1.12 bits per heavy atom. The molecule has 11 heteroatoms. The Hall–Kier alpha value is -3.02. The van der Waals surface area contributed by atoms with E-state index in [1.54, 1.807) is 23.0 Å². The van der Waals surface area contributed by atoms with E-state index >= 15 is 0 Å². The van der Waals surface area contributed by atoms with Crippen LogP contribution in [0.3, 0.4) is 0 Å². The fourth-order valence-electron chi connectivity index (χ4n) is 3.25. The first-order valence-corrected chi connectivity index (χ1v) is 13.2. The van der Waals surface area contributed by atoms with Crippen molar-refractivity contribution in [1.82, 2.24) is 14.5 Å². The van der Waals surface area contributed by atoms with E-state index in [0.717, 1.165) is 5.69 Å². The molecule has 1 unspecified atom stereocenters. The normalized spacial score (nSPS) is 14.0. The van der Waals surface area contributed by atoms with Crippen LogP contribution in [0.25, 0.3) is 5.69 Å². The van der Waals surface area contributed by atoms with E-state index in [1.165, 1.54) is 23.9 Å². The van der Waals surface area contributed by atoms with Crippen molar-refractivity contribution in [3.63, 3.8) is 0 Å². The Kier molecular flexibility index (Phi) is 7.21. The molecule has 2 N–H and O–H groups in total. The second-order valence-electron chi connectivity index (χ2n) is 7.23. The number of hydrogen-bond donors (Lipinski definition) is 2. The van der Waals surface area contributed by atoms with Crippen molar-refractivity contribution in [1.29, 1.82) is 0 Å². The molecule has 1 aromatic heterocycles. The summed E-state index contributed by atoms with van der Waals surface area (Å²) in [6.45, 7) is 0.757. The molecule has 1 atom stereocenters. The number of benzene rings is 2. The molecule has 1 aliphatic rings. The highest BCUT2D eigenvalue weighted by Crippen LogP contribution is 2.32. The number of anilines is 1. The predicted molar refractivity (Wildman–Crippen MR) is 127 cm³/mol. The largest absolute Gasteiger partial charge is 0.486 e. The standard InChI is InChI=1S/C22H24N4O5S2/c1-32-14-10-18(22(27)23-21-9-11-26(24-21)16-5-3-2-4-6-16)25-33(28,29)17-7-8-19-20(15-17)31-13-12-30-19/h2-9,11,15,18,25H,10,12-14H2,1H3,(H,23,24,27). The van der Waals surface area contributed by atoms with E-state index in [9.17, 15) is 13.2 Å². The van der Waals surface area contributed by atoms with Crippen molar-refractivity contribution in [2.75, 3.05) is 30.5 Å². The van der Waals surface area contributed by atoms with Gasteiger partial charge in [-0.3, -0.25) is 4.79 Å². The van der Waals surface area contributed by atoms with Gasteiger partial charge in [0.2, 0.25) is 15.9 Å². The van der Waals surface area contributed by atoms with Crippen molar-refractivity contribution in [3.05, 3.63) is 60.8 Å². The number of fused-ring (bicyclic) bond motifs is 1. The number of hydrogen-bond acceptors (Lipinski definition) is 7. The second-order valence-corrected chi connectivity index (χ2v) is 9.93. The Morgan fingerprint density at radius 2 is 1.88 bits per heavy atom. The summed E-state index contributed by atoms with van der Waals surface area (Å²) in [4.78, 5) is 13.0. The average Bonchev–Trinajstić information content (AvgIpc) is 3.30. The number of nitrogens with one attached hydrogen (secondary N) is 2. The first-order valence-electron chi connectivity index (χ1n) is 10.3. The molecule has 0 spiro atoms. The Labute approximate surface area is 196 Å². The van der Waals surface area contributed by atoms with Crippen molar-refractivity contribution in [2.24, 2.45) is 0 Å². The summed E-state index contributed by atoms with van der Waals surface area (Å²) in [6, 6.07) is 14.5. The van der Waals surface area contributed by atoms with Crippen LogP contribution < -0.4 is 19.5 Å². The van der Waals surface area contributed by atoms with Gasteiger partial charge in [0.25, 0.3) is 0 Å². The van der Waals surface area contributed by atoms with Crippen LogP contribution in [0.15, 0.2) is 65.7 Å². The molecule has 174 valence electrons. The fraction of sp³-hybridized carbons (Fsp3) is 0.273. The van der Waals surface area contributed by atoms with Crippen LogP contribution in [0.2, 0.25) is 0 Å². The zero-order valence-corrected chi connectivity index (χ0v) is 19.6. The lowest BCUT2D eigenvalue weighted by molar-refractivity contribution is -0.117. The van der Waals surface area contributed by atoms with Crippen molar-refractivity contribution in [2.45, 2.75) is 17.4 Å². The highest BCUT2D eigenvalue weighted by Gasteiger charge is 2.27. The SMILES string of the molecule is CSCCC(NS(=O)(=O)c1ccc2c(c1)OCCO2)C(=O)Nc1ccn(-c2ccccc2)n1. The van der Waals surface area contributed by atoms with Gasteiger partial charge in [0.05, 0.1) is 10.6 Å². The number of ether oxygens (including phenoxy) is 2. The average molecular weight is 489 g/mol. The van der Waals surface area contributed by atoms with Crippen LogP contribution in [0, 0.1) is 0 Å². The zero-order chi connectivity index (χ0) is 23.3. The number of aromatic nitrogens is 2. The minimum atomic E-state index is -3.98. The van der Waals surface area contributed by atoms with Gasteiger partial charge >= 0.3 is 0 Å². The molecule has 0 saturated carbocycles. The second kappa shape index (κ2) is 10.3. The van der Waals surface area contributed by atoms with E-state index in [0.29, 0.717) is 42.7 Å². The molecule has 3 aromatic rings. The van der Waals surface area contributed by atoms with Crippen LogP contribution in [0.4, 0.5) is 5.82 Å². The number of carbonyl (C=O) groups is 1. The highest BCUT2D eigenvalue weighted by molar-refractivity contribution is 7.98. The summed E-state index contributed by atoms with van der Waals surface area (Å²) in [5, 5.41) is 7.07. The minimum Gasteiger partial charge on any atom is -0.486 e. The Morgan fingerprint density at radius 3 is 2.64 bits per heavy atom. The number of nitrogens with zero attached hydrogens (tertiary/aromatic N) is 2. The lowest BCUT2D eigenvalue weighted by Gasteiger charge is -2.20. The summed E-state index contributed by atoms with van der Waals surface area (Å²) in [6.07, 6.45) is 3.93. The summed E-state index contributed by atoms with van der Waals surface area (Å²) < 4.78 is 41.1. The number of carbonyl (C=O) groups excluding carboxylic acids is 1. The third-order valence-corrected chi connectivity index (χ3v) is 7.02. The molecule has 0 radical (unpaired) electrons. The molecular weight excluding hydrogens is 464 g/mol. The highest BCUT2D eigenvalue weighted by atomic mass is 32.2. The smallest absolute Gasteiger partial charge is 0.243 e. The lowest BCUT2D eigenvalue weighted by Crippen LogP contribution is -2.44. The van der Waals surface area contributed by atoms with Gasteiger partial charge in [-0.15, -0.1) is 0 Å². The van der Waals surface area contributed by atoms with Gasteiger partial charge in [-0.05, 0) is 42.7 Å². The topological polar surface area (TPSA) is 112 Å². The molecule has 33 heavy (non-hydrogen) atoms. The molecule has 2 heterocycles. The van der Waals surface area contributed by atoms with Crippen molar-refractivity contribution < 1.29 is 22.7 Å². The van der Waals surface area contributed by atoms with Gasteiger partial charge < -0.3 is 14.8 Å².